The Morgan fingerprint density at radius 1 is 1.20 bits per heavy atom. The van der Waals surface area contributed by atoms with Crippen molar-refractivity contribution in [3.05, 3.63) is 76.9 Å². The van der Waals surface area contributed by atoms with Crippen molar-refractivity contribution in [3.63, 3.8) is 0 Å². The number of amides is 1. The predicted molar refractivity (Wildman–Crippen MR) is 98.7 cm³/mol. The zero-order valence-electron chi connectivity index (χ0n) is 13.5. The molecule has 3 rings (SSSR count). The maximum atomic E-state index is 12.3. The predicted octanol–water partition coefficient (Wildman–Crippen LogP) is 3.73. The van der Waals surface area contributed by atoms with Crippen LogP contribution >= 0.6 is 11.6 Å². The van der Waals surface area contributed by atoms with Gasteiger partial charge in [0.25, 0.3) is 5.91 Å². The molecule has 1 atom stereocenters. The molecule has 0 spiro atoms. The van der Waals surface area contributed by atoms with Crippen molar-refractivity contribution in [2.75, 3.05) is 7.11 Å². The van der Waals surface area contributed by atoms with Crippen LogP contribution in [0.4, 0.5) is 0 Å². The number of benzene rings is 2. The molecular weight excluding hydrogens is 338 g/mol. The van der Waals surface area contributed by atoms with E-state index in [-0.39, 0.29) is 5.91 Å². The Kier molecular flexibility index (Phi) is 5.38. The van der Waals surface area contributed by atoms with Crippen LogP contribution in [0.3, 0.4) is 0 Å². The van der Waals surface area contributed by atoms with Crippen molar-refractivity contribution >= 4 is 34.6 Å². The van der Waals surface area contributed by atoms with Crippen LogP contribution in [0, 0.1) is 0 Å². The Morgan fingerprint density at radius 2 is 1.92 bits per heavy atom. The fourth-order valence-electron chi connectivity index (χ4n) is 2.45. The number of hydrogen-bond acceptors (Lipinski definition) is 4. The molecule has 0 aliphatic carbocycles. The molecule has 3 aromatic rings. The van der Waals surface area contributed by atoms with E-state index in [1.165, 1.54) is 13.3 Å². The number of hydrogen-bond donors (Lipinski definition) is 1. The Labute approximate surface area is 150 Å². The number of methoxy groups -OCH3 is 1. The molecule has 0 fully saturated rings. The number of carbonyl (C=O) groups excluding carboxylic acids is 1. The number of rotatable bonds is 5. The molecule has 0 saturated heterocycles. The first-order valence-corrected chi connectivity index (χ1v) is 8.03. The van der Waals surface area contributed by atoms with E-state index in [0.717, 1.165) is 16.5 Å². The standard InChI is InChI=1S/C19H16ClN3O2/c1-25-17(13-7-3-2-4-8-13)19(24)23-21-12-15-11-14-9-5-6-10-16(14)22-18(15)20/h2-12,17H,1H3,(H,23,24)/b21-12+. The molecule has 0 aliphatic rings. The molecular formula is C19H16ClN3O2. The molecule has 0 radical (unpaired) electrons. The fourth-order valence-corrected chi connectivity index (χ4v) is 2.64. The number of nitrogens with zero attached hydrogens (tertiary/aromatic N) is 2. The molecule has 126 valence electrons. The molecule has 1 amide bonds. The summed E-state index contributed by atoms with van der Waals surface area (Å²) in [6.45, 7) is 0. The lowest BCUT2D eigenvalue weighted by molar-refractivity contribution is -0.131. The number of para-hydroxylation sites is 1. The van der Waals surface area contributed by atoms with Gasteiger partial charge in [-0.05, 0) is 17.7 Å². The lowest BCUT2D eigenvalue weighted by Crippen LogP contribution is -2.26. The van der Waals surface area contributed by atoms with Gasteiger partial charge in [-0.2, -0.15) is 5.10 Å². The molecule has 1 N–H and O–H groups in total. The van der Waals surface area contributed by atoms with Gasteiger partial charge in [0.05, 0.1) is 11.7 Å². The third-order valence-electron chi connectivity index (χ3n) is 3.66. The van der Waals surface area contributed by atoms with Gasteiger partial charge in [-0.25, -0.2) is 10.4 Å². The molecule has 0 saturated carbocycles. The number of ether oxygens (including phenoxy) is 1. The lowest BCUT2D eigenvalue weighted by atomic mass is 10.1. The van der Waals surface area contributed by atoms with Crippen LogP contribution in [0.5, 0.6) is 0 Å². The summed E-state index contributed by atoms with van der Waals surface area (Å²) < 4.78 is 5.26. The highest BCUT2D eigenvalue weighted by Gasteiger charge is 2.19. The van der Waals surface area contributed by atoms with E-state index in [9.17, 15) is 4.79 Å². The zero-order valence-corrected chi connectivity index (χ0v) is 14.3. The van der Waals surface area contributed by atoms with Crippen molar-refractivity contribution < 1.29 is 9.53 Å². The second-order valence-electron chi connectivity index (χ2n) is 5.32. The quantitative estimate of drug-likeness (QED) is 0.432. The summed E-state index contributed by atoms with van der Waals surface area (Å²) in [6.07, 6.45) is 0.737. The fraction of sp³-hybridized carbons (Fsp3) is 0.105. The van der Waals surface area contributed by atoms with E-state index >= 15 is 0 Å². The number of halogens is 1. The van der Waals surface area contributed by atoms with E-state index < -0.39 is 6.10 Å². The summed E-state index contributed by atoms with van der Waals surface area (Å²) in [7, 11) is 1.48. The Bertz CT molecular complexity index is 913. The Hall–Kier alpha value is -2.76. The first-order chi connectivity index (χ1) is 12.2. The minimum absolute atomic E-state index is 0.322. The van der Waals surface area contributed by atoms with Crippen LogP contribution < -0.4 is 5.43 Å². The van der Waals surface area contributed by atoms with Gasteiger partial charge < -0.3 is 4.74 Å². The average molecular weight is 354 g/mol. The lowest BCUT2D eigenvalue weighted by Gasteiger charge is -2.13. The first kappa shape index (κ1) is 17.1. The van der Waals surface area contributed by atoms with E-state index in [0.29, 0.717) is 10.7 Å². The van der Waals surface area contributed by atoms with Crippen molar-refractivity contribution in [2.45, 2.75) is 6.10 Å². The number of carbonyl (C=O) groups is 1. The van der Waals surface area contributed by atoms with Gasteiger partial charge in [-0.15, -0.1) is 0 Å². The molecule has 0 aliphatic heterocycles. The summed E-state index contributed by atoms with van der Waals surface area (Å²) in [5.41, 5.74) is 4.65. The molecule has 25 heavy (non-hydrogen) atoms. The maximum absolute atomic E-state index is 12.3. The van der Waals surface area contributed by atoms with E-state index in [2.05, 4.69) is 15.5 Å². The van der Waals surface area contributed by atoms with Crippen molar-refractivity contribution in [1.29, 1.82) is 0 Å². The number of pyridine rings is 1. The van der Waals surface area contributed by atoms with Gasteiger partial charge in [0.2, 0.25) is 0 Å². The first-order valence-electron chi connectivity index (χ1n) is 7.65. The topological polar surface area (TPSA) is 63.6 Å². The third-order valence-corrected chi connectivity index (χ3v) is 3.96. The molecule has 0 bridgehead atoms. The highest BCUT2D eigenvalue weighted by Crippen LogP contribution is 2.19. The summed E-state index contributed by atoms with van der Waals surface area (Å²) in [6, 6.07) is 18.7. The van der Waals surface area contributed by atoms with Gasteiger partial charge in [0, 0.05) is 18.1 Å². The van der Waals surface area contributed by atoms with E-state index in [1.807, 2.05) is 60.7 Å². The summed E-state index contributed by atoms with van der Waals surface area (Å²) in [5, 5.41) is 5.24. The highest BCUT2D eigenvalue weighted by atomic mass is 35.5. The summed E-state index contributed by atoms with van der Waals surface area (Å²) in [4.78, 5) is 16.6. The Morgan fingerprint density at radius 3 is 2.68 bits per heavy atom. The van der Waals surface area contributed by atoms with Gasteiger partial charge in [0.15, 0.2) is 6.10 Å². The van der Waals surface area contributed by atoms with Crippen molar-refractivity contribution in [1.82, 2.24) is 10.4 Å². The highest BCUT2D eigenvalue weighted by molar-refractivity contribution is 6.32. The van der Waals surface area contributed by atoms with Crippen LogP contribution in [0.1, 0.15) is 17.2 Å². The largest absolute Gasteiger partial charge is 0.367 e. The number of aromatic nitrogens is 1. The van der Waals surface area contributed by atoms with Crippen LogP contribution in [0.25, 0.3) is 10.9 Å². The normalized spacial score (nSPS) is 12.4. The van der Waals surface area contributed by atoms with Crippen molar-refractivity contribution in [3.8, 4) is 0 Å². The molecule has 1 unspecified atom stereocenters. The van der Waals surface area contributed by atoms with Gasteiger partial charge in [-0.1, -0.05) is 60.1 Å². The van der Waals surface area contributed by atoms with E-state index in [1.54, 1.807) is 0 Å². The van der Waals surface area contributed by atoms with Gasteiger partial charge >= 0.3 is 0 Å². The smallest absolute Gasteiger partial charge is 0.273 e. The van der Waals surface area contributed by atoms with Gasteiger partial charge in [0.1, 0.15) is 5.15 Å². The summed E-state index contributed by atoms with van der Waals surface area (Å²) in [5.74, 6) is -0.366. The minimum Gasteiger partial charge on any atom is -0.367 e. The second-order valence-corrected chi connectivity index (χ2v) is 5.68. The molecule has 6 heteroatoms. The number of fused-ring (bicyclic) bond motifs is 1. The molecule has 2 aromatic carbocycles. The van der Waals surface area contributed by atoms with Crippen LogP contribution in [-0.4, -0.2) is 24.2 Å². The average Bonchev–Trinajstić information content (AvgIpc) is 2.63. The SMILES string of the molecule is COC(C(=O)N/N=C/c1cc2ccccc2nc1Cl)c1ccccc1. The third kappa shape index (κ3) is 4.02. The monoisotopic (exact) mass is 353 g/mol. The van der Waals surface area contributed by atoms with Crippen LogP contribution in [-0.2, 0) is 9.53 Å². The van der Waals surface area contributed by atoms with Crippen LogP contribution in [0.15, 0.2) is 65.8 Å². The van der Waals surface area contributed by atoms with E-state index in [4.69, 9.17) is 16.3 Å². The number of hydrazone groups is 1. The second kappa shape index (κ2) is 7.88. The summed E-state index contributed by atoms with van der Waals surface area (Å²) >= 11 is 6.16. The number of nitrogens with one attached hydrogen (secondary N) is 1. The Balaban J connectivity index is 1.74. The molecule has 1 heterocycles. The molecule has 5 nitrogen and oxygen atoms in total. The minimum atomic E-state index is -0.733. The van der Waals surface area contributed by atoms with Gasteiger partial charge in [-0.3, -0.25) is 4.79 Å². The van der Waals surface area contributed by atoms with Crippen molar-refractivity contribution in [2.24, 2.45) is 5.10 Å². The maximum Gasteiger partial charge on any atom is 0.273 e. The zero-order chi connectivity index (χ0) is 17.6. The van der Waals surface area contributed by atoms with Crippen LogP contribution in [0.2, 0.25) is 5.15 Å². The molecule has 1 aromatic heterocycles.